The quantitative estimate of drug-likeness (QED) is 0.431. The molecule has 2 aliphatic rings. The molecule has 0 bridgehead atoms. The number of aryl methyl sites for hydroxylation is 2. The van der Waals surface area contributed by atoms with Gasteiger partial charge in [-0.2, -0.15) is 0 Å². The van der Waals surface area contributed by atoms with Crippen LogP contribution in [-0.4, -0.2) is 52.3 Å². The van der Waals surface area contributed by atoms with E-state index < -0.39 is 29.9 Å². The van der Waals surface area contributed by atoms with Crippen LogP contribution >= 0.6 is 0 Å². The van der Waals surface area contributed by atoms with Crippen LogP contribution < -0.4 is 5.32 Å². The summed E-state index contributed by atoms with van der Waals surface area (Å²) in [7, 11) is 0. The maximum atomic E-state index is 13.1. The monoisotopic (exact) mass is 403 g/mol. The molecule has 29 heavy (non-hydrogen) atoms. The van der Waals surface area contributed by atoms with Gasteiger partial charge in [0.1, 0.15) is 5.54 Å². The molecule has 0 radical (unpaired) electrons. The average molecular weight is 403 g/mol. The molecule has 2 fully saturated rings. The Morgan fingerprint density at radius 2 is 1.72 bits per heavy atom. The van der Waals surface area contributed by atoms with Gasteiger partial charge in [0.25, 0.3) is 5.91 Å². The Morgan fingerprint density at radius 1 is 1.10 bits per heavy atom. The van der Waals surface area contributed by atoms with Crippen LogP contribution in [0.1, 0.15) is 78.1 Å². The standard InChI is InChI=1S/C21H29N3O5/c1-5-14-7-9-21(10-8-14)19(27)24(20(28)23-21)11-15(25)16-12(3)22-13(4)17(16)18(26)29-6-2/h14,22H,5-11H2,1-4H3,(H,23,28). The predicted octanol–water partition coefficient (Wildman–Crippen LogP) is 2.88. The van der Waals surface area contributed by atoms with Crippen LogP contribution in [0.4, 0.5) is 4.79 Å². The van der Waals surface area contributed by atoms with Gasteiger partial charge in [0.05, 0.1) is 24.3 Å². The fourth-order valence-electron chi connectivity index (χ4n) is 4.55. The molecule has 8 nitrogen and oxygen atoms in total. The number of rotatable bonds is 6. The molecule has 0 aromatic carbocycles. The maximum Gasteiger partial charge on any atom is 0.340 e. The fourth-order valence-corrected chi connectivity index (χ4v) is 4.55. The largest absolute Gasteiger partial charge is 0.462 e. The van der Waals surface area contributed by atoms with Crippen LogP contribution in [0.3, 0.4) is 0 Å². The lowest BCUT2D eigenvalue weighted by atomic mass is 9.75. The fraction of sp³-hybridized carbons (Fsp3) is 0.619. The van der Waals surface area contributed by atoms with E-state index in [9.17, 15) is 19.2 Å². The number of ketones is 1. The normalized spacial score (nSPS) is 24.1. The second-order valence-corrected chi connectivity index (χ2v) is 8.02. The third kappa shape index (κ3) is 3.68. The first kappa shape index (κ1) is 21.1. The minimum absolute atomic E-state index is 0.166. The Labute approximate surface area is 170 Å². The number of carbonyl (C=O) groups is 4. The lowest BCUT2D eigenvalue weighted by molar-refractivity contribution is -0.132. The lowest BCUT2D eigenvalue weighted by Gasteiger charge is -2.34. The number of aromatic amines is 1. The Bertz CT molecular complexity index is 849. The van der Waals surface area contributed by atoms with Crippen LogP contribution in [0.25, 0.3) is 0 Å². The van der Waals surface area contributed by atoms with Crippen molar-refractivity contribution in [3.05, 3.63) is 22.5 Å². The van der Waals surface area contributed by atoms with Crippen LogP contribution in [0.15, 0.2) is 0 Å². The minimum Gasteiger partial charge on any atom is -0.462 e. The SMILES string of the molecule is CCOC(=O)c1c(C)[nH]c(C)c1C(=O)CN1C(=O)NC2(CCC(CC)CC2)C1=O. The molecule has 2 heterocycles. The minimum atomic E-state index is -0.893. The number of H-pyrrole nitrogens is 1. The van der Waals surface area contributed by atoms with Crippen molar-refractivity contribution in [1.82, 2.24) is 15.2 Å². The van der Waals surface area contributed by atoms with Gasteiger partial charge in [-0.1, -0.05) is 13.3 Å². The highest BCUT2D eigenvalue weighted by Crippen LogP contribution is 2.37. The molecular formula is C21H29N3O5. The molecule has 158 valence electrons. The van der Waals surface area contributed by atoms with Crippen molar-refractivity contribution in [3.63, 3.8) is 0 Å². The molecule has 1 saturated heterocycles. The molecule has 3 rings (SSSR count). The van der Waals surface area contributed by atoms with Gasteiger partial charge in [0.2, 0.25) is 0 Å². The molecular weight excluding hydrogens is 374 g/mol. The summed E-state index contributed by atoms with van der Waals surface area (Å²) in [4.78, 5) is 54.9. The molecule has 0 atom stereocenters. The molecule has 1 spiro atoms. The first-order valence-electron chi connectivity index (χ1n) is 10.3. The summed E-state index contributed by atoms with van der Waals surface area (Å²) in [5.74, 6) is -0.825. The third-order valence-corrected chi connectivity index (χ3v) is 6.22. The summed E-state index contributed by atoms with van der Waals surface area (Å²) < 4.78 is 5.06. The van der Waals surface area contributed by atoms with Crippen LogP contribution in [0, 0.1) is 19.8 Å². The molecule has 8 heteroatoms. The summed E-state index contributed by atoms with van der Waals surface area (Å²) in [6, 6.07) is -0.541. The van der Waals surface area contributed by atoms with Crippen molar-refractivity contribution >= 4 is 23.7 Å². The van der Waals surface area contributed by atoms with Crippen molar-refractivity contribution < 1.29 is 23.9 Å². The molecule has 1 aliphatic carbocycles. The highest BCUT2D eigenvalue weighted by Gasteiger charge is 2.52. The summed E-state index contributed by atoms with van der Waals surface area (Å²) in [6.45, 7) is 6.98. The maximum absolute atomic E-state index is 13.1. The van der Waals surface area contributed by atoms with Gasteiger partial charge >= 0.3 is 12.0 Å². The second-order valence-electron chi connectivity index (χ2n) is 8.02. The number of nitrogens with one attached hydrogen (secondary N) is 2. The predicted molar refractivity (Wildman–Crippen MR) is 106 cm³/mol. The van der Waals surface area contributed by atoms with Gasteiger partial charge in [-0.25, -0.2) is 9.59 Å². The highest BCUT2D eigenvalue weighted by atomic mass is 16.5. The van der Waals surface area contributed by atoms with Gasteiger partial charge in [-0.3, -0.25) is 14.5 Å². The number of carbonyl (C=O) groups excluding carboxylic acids is 4. The topological polar surface area (TPSA) is 109 Å². The number of hydrogen-bond donors (Lipinski definition) is 2. The summed E-state index contributed by atoms with van der Waals surface area (Å²) in [5.41, 5.74) is 0.490. The summed E-state index contributed by atoms with van der Waals surface area (Å²) in [5, 5.41) is 2.83. The number of urea groups is 1. The summed E-state index contributed by atoms with van der Waals surface area (Å²) >= 11 is 0. The molecule has 1 aromatic heterocycles. The Hall–Kier alpha value is -2.64. The number of esters is 1. The first-order valence-corrected chi connectivity index (χ1v) is 10.3. The van der Waals surface area contributed by atoms with Crippen molar-refractivity contribution in [3.8, 4) is 0 Å². The van der Waals surface area contributed by atoms with Gasteiger partial charge in [-0.15, -0.1) is 0 Å². The Morgan fingerprint density at radius 3 is 2.31 bits per heavy atom. The average Bonchev–Trinajstić information content (AvgIpc) is 3.10. The zero-order valence-corrected chi connectivity index (χ0v) is 17.5. The van der Waals surface area contributed by atoms with E-state index >= 15 is 0 Å². The van der Waals surface area contributed by atoms with E-state index in [0.717, 1.165) is 24.2 Å². The van der Waals surface area contributed by atoms with Crippen molar-refractivity contribution in [2.45, 2.75) is 65.3 Å². The second kappa shape index (κ2) is 8.00. The van der Waals surface area contributed by atoms with Gasteiger partial charge in [0, 0.05) is 11.4 Å². The Kier molecular flexibility index (Phi) is 5.82. The van der Waals surface area contributed by atoms with Gasteiger partial charge in [0.15, 0.2) is 5.78 Å². The Balaban J connectivity index is 1.81. The van der Waals surface area contributed by atoms with Gasteiger partial charge in [-0.05, 0) is 52.4 Å². The zero-order chi connectivity index (χ0) is 21.3. The van der Waals surface area contributed by atoms with Crippen molar-refractivity contribution in [2.75, 3.05) is 13.2 Å². The van der Waals surface area contributed by atoms with E-state index in [-0.39, 0.29) is 23.6 Å². The van der Waals surface area contributed by atoms with Crippen LogP contribution in [0.5, 0.6) is 0 Å². The van der Waals surface area contributed by atoms with E-state index in [4.69, 9.17) is 4.74 Å². The van der Waals surface area contributed by atoms with Gasteiger partial charge < -0.3 is 15.0 Å². The van der Waals surface area contributed by atoms with E-state index in [1.165, 1.54) is 0 Å². The molecule has 0 unspecified atom stereocenters. The van der Waals surface area contributed by atoms with E-state index in [0.29, 0.717) is 30.1 Å². The first-order chi connectivity index (χ1) is 13.7. The van der Waals surface area contributed by atoms with E-state index in [1.807, 2.05) is 0 Å². The molecule has 1 aromatic rings. The number of amides is 3. The number of ether oxygens (including phenoxy) is 1. The van der Waals surface area contributed by atoms with Crippen molar-refractivity contribution in [1.29, 1.82) is 0 Å². The number of nitrogens with zero attached hydrogens (tertiary/aromatic N) is 1. The highest BCUT2D eigenvalue weighted by molar-refractivity contribution is 6.14. The summed E-state index contributed by atoms with van der Waals surface area (Å²) in [6.07, 6.45) is 4.01. The third-order valence-electron chi connectivity index (χ3n) is 6.22. The molecule has 3 amide bonds. The van der Waals surface area contributed by atoms with Crippen molar-refractivity contribution in [2.24, 2.45) is 5.92 Å². The smallest absolute Gasteiger partial charge is 0.340 e. The number of imide groups is 1. The number of Topliss-reactive ketones (excluding diaryl/α,β-unsaturated/α-hetero) is 1. The molecule has 1 saturated carbocycles. The number of aromatic nitrogens is 1. The van der Waals surface area contributed by atoms with Crippen LogP contribution in [0.2, 0.25) is 0 Å². The van der Waals surface area contributed by atoms with E-state index in [1.54, 1.807) is 20.8 Å². The molecule has 1 aliphatic heterocycles. The molecule has 2 N–H and O–H groups in total. The van der Waals surface area contributed by atoms with E-state index in [2.05, 4.69) is 17.2 Å². The number of hydrogen-bond acceptors (Lipinski definition) is 5. The lowest BCUT2D eigenvalue weighted by Crippen LogP contribution is -2.49. The zero-order valence-electron chi connectivity index (χ0n) is 17.5. The van der Waals surface area contributed by atoms with Crippen LogP contribution in [-0.2, 0) is 9.53 Å².